The Bertz CT molecular complexity index is 255. The molecule has 0 saturated carbocycles. The first-order valence-corrected chi connectivity index (χ1v) is 6.66. The largest absolute Gasteiger partial charge is 0.481 e. The average Bonchev–Trinajstić information content (AvgIpc) is 2.30. The van der Waals surface area contributed by atoms with Crippen molar-refractivity contribution in [3.8, 4) is 0 Å². The maximum absolute atomic E-state index is 11.4. The first-order valence-electron chi connectivity index (χ1n) is 6.66. The van der Waals surface area contributed by atoms with Crippen molar-refractivity contribution in [3.05, 3.63) is 0 Å². The van der Waals surface area contributed by atoms with E-state index in [1.54, 1.807) is 0 Å². The minimum absolute atomic E-state index is 0.00223. The third kappa shape index (κ3) is 8.98. The molecule has 0 rings (SSSR count). The van der Waals surface area contributed by atoms with E-state index in [2.05, 4.69) is 24.5 Å². The van der Waals surface area contributed by atoms with Gasteiger partial charge in [0.1, 0.15) is 0 Å². The molecular formula is C13H26N2O3. The Morgan fingerprint density at radius 3 is 2.39 bits per heavy atom. The molecule has 106 valence electrons. The lowest BCUT2D eigenvalue weighted by Crippen LogP contribution is -2.35. The van der Waals surface area contributed by atoms with Gasteiger partial charge in [0, 0.05) is 13.0 Å². The van der Waals surface area contributed by atoms with E-state index < -0.39 is 5.97 Å². The summed E-state index contributed by atoms with van der Waals surface area (Å²) in [6, 6.07) is 0. The van der Waals surface area contributed by atoms with Crippen molar-refractivity contribution in [1.29, 1.82) is 0 Å². The zero-order valence-electron chi connectivity index (χ0n) is 11.7. The van der Waals surface area contributed by atoms with Gasteiger partial charge in [0.2, 0.25) is 5.91 Å². The van der Waals surface area contributed by atoms with Gasteiger partial charge >= 0.3 is 5.97 Å². The first-order chi connectivity index (χ1) is 8.47. The van der Waals surface area contributed by atoms with Crippen molar-refractivity contribution in [1.82, 2.24) is 10.6 Å². The third-order valence-corrected chi connectivity index (χ3v) is 3.04. The Labute approximate surface area is 109 Å². The van der Waals surface area contributed by atoms with E-state index in [0.717, 1.165) is 13.0 Å². The number of hydrogen-bond acceptors (Lipinski definition) is 3. The normalized spacial score (nSPS) is 12.4. The van der Waals surface area contributed by atoms with Crippen molar-refractivity contribution in [2.75, 3.05) is 19.6 Å². The SMILES string of the molecule is CCNCC(=O)NCCC(CCC(=O)O)C(C)C. The fraction of sp³-hybridized carbons (Fsp3) is 0.846. The van der Waals surface area contributed by atoms with Crippen LogP contribution in [0.25, 0.3) is 0 Å². The number of nitrogens with one attached hydrogen (secondary N) is 2. The summed E-state index contributed by atoms with van der Waals surface area (Å²) < 4.78 is 0. The molecule has 0 fully saturated rings. The Kier molecular flexibility index (Phi) is 9.28. The second-order valence-electron chi connectivity index (χ2n) is 4.86. The molecule has 0 aliphatic heterocycles. The van der Waals surface area contributed by atoms with Gasteiger partial charge < -0.3 is 15.7 Å². The van der Waals surface area contributed by atoms with Gasteiger partial charge in [-0.2, -0.15) is 0 Å². The summed E-state index contributed by atoms with van der Waals surface area (Å²) in [6.45, 7) is 7.87. The fourth-order valence-corrected chi connectivity index (χ4v) is 1.82. The van der Waals surface area contributed by atoms with E-state index in [9.17, 15) is 9.59 Å². The fourth-order valence-electron chi connectivity index (χ4n) is 1.82. The average molecular weight is 258 g/mol. The Morgan fingerprint density at radius 2 is 1.89 bits per heavy atom. The van der Waals surface area contributed by atoms with Crippen LogP contribution < -0.4 is 10.6 Å². The maximum atomic E-state index is 11.4. The van der Waals surface area contributed by atoms with Crippen LogP contribution in [0.1, 0.15) is 40.0 Å². The molecule has 0 aromatic heterocycles. The molecule has 0 aromatic rings. The van der Waals surface area contributed by atoms with Crippen LogP contribution in [-0.2, 0) is 9.59 Å². The Balaban J connectivity index is 3.82. The first kappa shape index (κ1) is 16.9. The van der Waals surface area contributed by atoms with Crippen LogP contribution in [-0.4, -0.2) is 36.6 Å². The van der Waals surface area contributed by atoms with Crippen LogP contribution in [0.2, 0.25) is 0 Å². The number of amides is 1. The predicted octanol–water partition coefficient (Wildman–Crippen LogP) is 1.24. The molecule has 0 bridgehead atoms. The molecule has 0 radical (unpaired) electrons. The van der Waals surface area contributed by atoms with Gasteiger partial charge in [-0.3, -0.25) is 9.59 Å². The highest BCUT2D eigenvalue weighted by Gasteiger charge is 2.15. The number of carbonyl (C=O) groups excluding carboxylic acids is 1. The van der Waals surface area contributed by atoms with Crippen molar-refractivity contribution < 1.29 is 14.7 Å². The van der Waals surface area contributed by atoms with Gasteiger partial charge in [-0.15, -0.1) is 0 Å². The molecule has 5 nitrogen and oxygen atoms in total. The molecule has 0 aliphatic carbocycles. The van der Waals surface area contributed by atoms with Crippen LogP contribution in [0.5, 0.6) is 0 Å². The van der Waals surface area contributed by atoms with Crippen LogP contribution in [0.15, 0.2) is 0 Å². The number of aliphatic carboxylic acids is 1. The molecule has 5 heteroatoms. The molecule has 18 heavy (non-hydrogen) atoms. The summed E-state index contributed by atoms with van der Waals surface area (Å²) >= 11 is 0. The second kappa shape index (κ2) is 9.88. The molecule has 3 N–H and O–H groups in total. The van der Waals surface area contributed by atoms with Gasteiger partial charge in [-0.25, -0.2) is 0 Å². The molecular weight excluding hydrogens is 232 g/mol. The zero-order valence-corrected chi connectivity index (χ0v) is 11.7. The van der Waals surface area contributed by atoms with E-state index in [4.69, 9.17) is 5.11 Å². The Morgan fingerprint density at radius 1 is 1.22 bits per heavy atom. The lowest BCUT2D eigenvalue weighted by molar-refractivity contribution is -0.137. The van der Waals surface area contributed by atoms with E-state index >= 15 is 0 Å². The summed E-state index contributed by atoms with van der Waals surface area (Å²) in [4.78, 5) is 21.9. The van der Waals surface area contributed by atoms with E-state index in [1.165, 1.54) is 0 Å². The zero-order chi connectivity index (χ0) is 14.0. The van der Waals surface area contributed by atoms with Crippen molar-refractivity contribution in [3.63, 3.8) is 0 Å². The molecule has 0 saturated heterocycles. The van der Waals surface area contributed by atoms with Gasteiger partial charge in [-0.1, -0.05) is 20.8 Å². The van der Waals surface area contributed by atoms with Gasteiger partial charge in [0.25, 0.3) is 0 Å². The van der Waals surface area contributed by atoms with Crippen LogP contribution in [0, 0.1) is 11.8 Å². The molecule has 1 unspecified atom stereocenters. The van der Waals surface area contributed by atoms with Crippen LogP contribution >= 0.6 is 0 Å². The lowest BCUT2D eigenvalue weighted by atomic mass is 9.88. The number of carboxylic acid groups (broad SMARTS) is 1. The molecule has 1 amide bonds. The van der Waals surface area contributed by atoms with E-state index in [-0.39, 0.29) is 12.3 Å². The summed E-state index contributed by atoms with van der Waals surface area (Å²) in [5, 5.41) is 14.5. The highest BCUT2D eigenvalue weighted by Crippen LogP contribution is 2.20. The molecule has 0 heterocycles. The number of carboxylic acids is 1. The summed E-state index contributed by atoms with van der Waals surface area (Å²) in [5.74, 6) is 0.0324. The highest BCUT2D eigenvalue weighted by molar-refractivity contribution is 5.77. The standard InChI is InChI=1S/C13H26N2O3/c1-4-14-9-12(16)15-8-7-11(10(2)3)5-6-13(17)18/h10-11,14H,4-9H2,1-3H3,(H,15,16)(H,17,18). The smallest absolute Gasteiger partial charge is 0.303 e. The molecule has 0 aromatic carbocycles. The van der Waals surface area contributed by atoms with Gasteiger partial charge in [-0.05, 0) is 31.2 Å². The molecule has 0 spiro atoms. The summed E-state index contributed by atoms with van der Waals surface area (Å²) in [5.41, 5.74) is 0. The monoisotopic (exact) mass is 258 g/mol. The quantitative estimate of drug-likeness (QED) is 0.551. The highest BCUT2D eigenvalue weighted by atomic mass is 16.4. The van der Waals surface area contributed by atoms with Crippen LogP contribution in [0.3, 0.4) is 0 Å². The van der Waals surface area contributed by atoms with Crippen molar-refractivity contribution >= 4 is 11.9 Å². The van der Waals surface area contributed by atoms with Crippen LogP contribution in [0.4, 0.5) is 0 Å². The van der Waals surface area contributed by atoms with Crippen molar-refractivity contribution in [2.24, 2.45) is 11.8 Å². The minimum atomic E-state index is -0.753. The van der Waals surface area contributed by atoms with E-state index in [1.807, 2.05) is 6.92 Å². The third-order valence-electron chi connectivity index (χ3n) is 3.04. The van der Waals surface area contributed by atoms with Gasteiger partial charge in [0.05, 0.1) is 6.54 Å². The predicted molar refractivity (Wildman–Crippen MR) is 71.4 cm³/mol. The number of hydrogen-bond donors (Lipinski definition) is 3. The minimum Gasteiger partial charge on any atom is -0.481 e. The lowest BCUT2D eigenvalue weighted by Gasteiger charge is -2.20. The topological polar surface area (TPSA) is 78.4 Å². The Hall–Kier alpha value is -1.10. The second-order valence-corrected chi connectivity index (χ2v) is 4.86. The summed E-state index contributed by atoms with van der Waals surface area (Å²) in [7, 11) is 0. The summed E-state index contributed by atoms with van der Waals surface area (Å²) in [6.07, 6.45) is 1.72. The number of carbonyl (C=O) groups is 2. The van der Waals surface area contributed by atoms with E-state index in [0.29, 0.717) is 31.3 Å². The number of rotatable bonds is 10. The molecule has 1 atom stereocenters. The van der Waals surface area contributed by atoms with Gasteiger partial charge in [0.15, 0.2) is 0 Å². The van der Waals surface area contributed by atoms with Crippen molar-refractivity contribution in [2.45, 2.75) is 40.0 Å². The molecule has 0 aliphatic rings. The maximum Gasteiger partial charge on any atom is 0.303 e. The number of likely N-dealkylation sites (N-methyl/N-ethyl adjacent to an activating group) is 1.